The first-order valence-corrected chi connectivity index (χ1v) is 16.5. The maximum Gasteiger partial charge on any atom is 0.352 e. The minimum atomic E-state index is -1.49. The lowest BCUT2D eigenvalue weighted by atomic mass is 10.0. The second-order valence-corrected chi connectivity index (χ2v) is 13.2. The van der Waals surface area contributed by atoms with Crippen molar-refractivity contribution in [3.05, 3.63) is 63.7 Å². The van der Waals surface area contributed by atoms with Crippen molar-refractivity contribution in [3.63, 3.8) is 0 Å². The van der Waals surface area contributed by atoms with Crippen LogP contribution < -0.4 is 11.1 Å². The van der Waals surface area contributed by atoms with Crippen LogP contribution >= 0.6 is 34.9 Å². The van der Waals surface area contributed by atoms with Crippen LogP contribution in [-0.2, 0) is 25.8 Å². The molecule has 0 spiro atoms. The molecule has 5 heterocycles. The van der Waals surface area contributed by atoms with Gasteiger partial charge in [0.05, 0.1) is 0 Å². The van der Waals surface area contributed by atoms with Gasteiger partial charge in [-0.3, -0.25) is 14.5 Å². The van der Waals surface area contributed by atoms with Gasteiger partial charge in [-0.2, -0.15) is 14.6 Å². The fourth-order valence-corrected chi connectivity index (χ4v) is 7.95. The lowest BCUT2D eigenvalue weighted by Gasteiger charge is -2.49. The smallest absolute Gasteiger partial charge is 0.352 e. The zero-order valence-electron chi connectivity index (χ0n) is 24.4. The number of nitrogens with one attached hydrogen (secondary N) is 1. The molecule has 0 bridgehead atoms. The van der Waals surface area contributed by atoms with E-state index in [1.807, 2.05) is 0 Å². The van der Waals surface area contributed by atoms with Gasteiger partial charge >= 0.3 is 11.9 Å². The third-order valence-electron chi connectivity index (χ3n) is 7.02. The Labute approximate surface area is 281 Å². The zero-order valence-corrected chi connectivity index (χ0v) is 26.9. The van der Waals surface area contributed by atoms with Crippen molar-refractivity contribution in [1.29, 1.82) is 0 Å². The highest BCUT2D eigenvalue weighted by atomic mass is 32.2. The number of phenols is 2. The number of hydrogen-bond acceptors (Lipinski definition) is 16. The van der Waals surface area contributed by atoms with Crippen molar-refractivity contribution in [1.82, 2.24) is 34.8 Å². The molecule has 18 nitrogen and oxygen atoms in total. The van der Waals surface area contributed by atoms with E-state index in [9.17, 15) is 39.6 Å². The van der Waals surface area contributed by atoms with Gasteiger partial charge in [0.1, 0.15) is 46.3 Å². The minimum Gasteiger partial charge on any atom is -0.504 e. The Kier molecular flexibility index (Phi) is 8.81. The maximum atomic E-state index is 13.4. The van der Waals surface area contributed by atoms with Crippen molar-refractivity contribution in [3.8, 4) is 11.5 Å². The average Bonchev–Trinajstić information content (AvgIpc) is 3.70. The van der Waals surface area contributed by atoms with Crippen molar-refractivity contribution >= 4 is 75.2 Å². The monoisotopic (exact) mass is 713 g/mol. The van der Waals surface area contributed by atoms with Gasteiger partial charge in [0, 0.05) is 22.6 Å². The molecule has 2 aliphatic rings. The Morgan fingerprint density at radius 3 is 2.69 bits per heavy atom. The highest BCUT2D eigenvalue weighted by Gasteiger charge is 2.54. The van der Waals surface area contributed by atoms with E-state index < -0.39 is 58.8 Å². The van der Waals surface area contributed by atoms with Crippen LogP contribution in [0, 0.1) is 6.92 Å². The van der Waals surface area contributed by atoms with Gasteiger partial charge in [-0.15, -0.1) is 34.9 Å². The summed E-state index contributed by atoms with van der Waals surface area (Å²) < 4.78 is 1.54. The number of carboxylic acids is 2. The SMILES string of the molecule is Cc1cc(SCC2=C(C(=O)O)N3C(=O)[C@@H](NC(=O)/C(=N\OCc4cc(O)c(O)c(C(=O)O)c4)c4csc(N)n4)[C@H]3SC2)n2ncnc2n1. The van der Waals surface area contributed by atoms with Gasteiger partial charge in [0.2, 0.25) is 0 Å². The van der Waals surface area contributed by atoms with Crippen LogP contribution in [0.15, 0.2) is 51.4 Å². The summed E-state index contributed by atoms with van der Waals surface area (Å²) in [7, 11) is 0. The summed E-state index contributed by atoms with van der Waals surface area (Å²) in [5.41, 5.74) is 5.99. The fourth-order valence-electron chi connectivity index (χ4n) is 4.86. The van der Waals surface area contributed by atoms with E-state index in [-0.39, 0.29) is 39.3 Å². The maximum absolute atomic E-state index is 13.4. The van der Waals surface area contributed by atoms with Crippen molar-refractivity contribution in [2.24, 2.45) is 5.16 Å². The molecule has 1 aromatic carbocycles. The van der Waals surface area contributed by atoms with E-state index >= 15 is 0 Å². The number of thiazole rings is 1. The molecule has 2 aliphatic heterocycles. The summed E-state index contributed by atoms with van der Waals surface area (Å²) in [6.07, 6.45) is 1.37. The minimum absolute atomic E-state index is 0.0213. The quantitative estimate of drug-likeness (QED) is 0.0316. The van der Waals surface area contributed by atoms with E-state index in [1.165, 1.54) is 35.2 Å². The van der Waals surface area contributed by atoms with Gasteiger partial charge in [-0.1, -0.05) is 5.16 Å². The van der Waals surface area contributed by atoms with E-state index in [1.54, 1.807) is 17.5 Å². The normalized spacial score (nSPS) is 17.6. The number of anilines is 1. The van der Waals surface area contributed by atoms with E-state index in [2.05, 4.69) is 30.5 Å². The number of oxime groups is 1. The molecule has 248 valence electrons. The fraction of sp³-hybridized carbons (Fsp3) is 0.222. The predicted octanol–water partition coefficient (Wildman–Crippen LogP) is 1.03. The van der Waals surface area contributed by atoms with E-state index in [0.717, 1.165) is 28.4 Å². The molecule has 1 saturated heterocycles. The third-order valence-corrected chi connectivity index (χ3v) is 10.1. The molecule has 1 fully saturated rings. The zero-order chi connectivity index (χ0) is 34.3. The van der Waals surface area contributed by atoms with Crippen LogP contribution in [0.2, 0.25) is 0 Å². The van der Waals surface area contributed by atoms with E-state index in [4.69, 9.17) is 10.6 Å². The Balaban J connectivity index is 1.18. The Morgan fingerprint density at radius 2 is 1.98 bits per heavy atom. The van der Waals surface area contributed by atoms with Crippen LogP contribution in [-0.4, -0.2) is 102 Å². The molecule has 4 aromatic rings. The highest BCUT2D eigenvalue weighted by molar-refractivity contribution is 8.01. The van der Waals surface area contributed by atoms with Gasteiger partial charge in [0.15, 0.2) is 22.3 Å². The number of hydrogen-bond donors (Lipinski definition) is 6. The number of aryl methyl sites for hydroxylation is 1. The number of carbonyl (C=O) groups excluding carboxylic acids is 2. The molecule has 48 heavy (non-hydrogen) atoms. The number of β-lactam (4-membered cyclic amide) rings is 1. The summed E-state index contributed by atoms with van der Waals surface area (Å²) >= 11 is 3.62. The Bertz CT molecular complexity index is 2060. The molecular weight excluding hydrogens is 691 g/mol. The molecule has 0 saturated carbocycles. The number of benzene rings is 1. The molecule has 2 atom stereocenters. The van der Waals surface area contributed by atoms with Crippen molar-refractivity contribution in [2.75, 3.05) is 17.2 Å². The number of carboxylic acid groups (broad SMARTS) is 2. The number of carbonyl (C=O) groups is 4. The first kappa shape index (κ1) is 32.5. The third kappa shape index (κ3) is 6.16. The largest absolute Gasteiger partial charge is 0.504 e. The summed E-state index contributed by atoms with van der Waals surface area (Å²) in [5, 5.41) is 51.1. The number of nitrogens with two attached hydrogens (primary N) is 1. The molecule has 3 aromatic heterocycles. The number of aromatic nitrogens is 5. The number of rotatable bonds is 11. The number of nitrogens with zero attached hydrogens (tertiary/aromatic N) is 7. The van der Waals surface area contributed by atoms with Gasteiger partial charge in [0.25, 0.3) is 17.6 Å². The number of aliphatic carboxylic acids is 1. The average molecular weight is 714 g/mol. The Hall–Kier alpha value is -5.41. The number of thioether (sulfide) groups is 2. The summed E-state index contributed by atoms with van der Waals surface area (Å²) in [6, 6.07) is 2.82. The molecule has 7 N–H and O–H groups in total. The number of aromatic carboxylic acids is 1. The molecule has 21 heteroatoms. The van der Waals surface area contributed by atoms with Crippen molar-refractivity contribution < 1.29 is 44.4 Å². The molecule has 0 aliphatic carbocycles. The number of fused-ring (bicyclic) bond motifs is 2. The number of aromatic hydroxyl groups is 2. The number of phenolic OH excluding ortho intramolecular Hbond substituents is 1. The van der Waals surface area contributed by atoms with Crippen molar-refractivity contribution in [2.45, 2.75) is 30.0 Å². The topological polar surface area (TPSA) is 268 Å². The summed E-state index contributed by atoms with van der Waals surface area (Å²) in [6.45, 7) is 1.38. The predicted molar refractivity (Wildman–Crippen MR) is 171 cm³/mol. The van der Waals surface area contributed by atoms with Gasteiger partial charge < -0.3 is 36.3 Å². The highest BCUT2D eigenvalue weighted by Crippen LogP contribution is 2.41. The van der Waals surface area contributed by atoms with Crippen LogP contribution in [0.3, 0.4) is 0 Å². The van der Waals surface area contributed by atoms with Gasteiger partial charge in [-0.25, -0.2) is 19.6 Å². The lowest BCUT2D eigenvalue weighted by Crippen LogP contribution is -2.71. The van der Waals surface area contributed by atoms with Crippen LogP contribution in [0.1, 0.15) is 27.3 Å². The lowest BCUT2D eigenvalue weighted by molar-refractivity contribution is -0.150. The van der Waals surface area contributed by atoms with Crippen LogP contribution in [0.5, 0.6) is 11.5 Å². The first-order chi connectivity index (χ1) is 22.9. The number of nitrogen functional groups attached to an aromatic ring is 1. The van der Waals surface area contributed by atoms with Crippen LogP contribution in [0.25, 0.3) is 5.78 Å². The number of amides is 2. The first-order valence-electron chi connectivity index (χ1n) is 13.6. The molecular formula is C27H23N9O9S3. The Morgan fingerprint density at radius 1 is 1.19 bits per heavy atom. The summed E-state index contributed by atoms with van der Waals surface area (Å²) in [5.74, 6) is -4.89. The van der Waals surface area contributed by atoms with Crippen LogP contribution in [0.4, 0.5) is 5.13 Å². The molecule has 2 amide bonds. The second kappa shape index (κ2) is 13.0. The van der Waals surface area contributed by atoms with Gasteiger partial charge in [-0.05, 0) is 36.3 Å². The second-order valence-electron chi connectivity index (χ2n) is 10.2. The molecule has 0 unspecified atom stereocenters. The molecule has 6 rings (SSSR count). The van der Waals surface area contributed by atoms with E-state index in [0.29, 0.717) is 22.1 Å². The summed E-state index contributed by atoms with van der Waals surface area (Å²) in [4.78, 5) is 69.4. The molecule has 0 radical (unpaired) electrons. The standard InChI is InChI=1S/C27H23N9O9S3/c1-10-2-16(36-27(31-10)29-9-30-36)46-6-12-7-47-23-18(22(40)35(23)19(12)25(43)44)33-21(39)17(14-8-48-26(28)32-14)34-45-5-11-3-13(24(41)42)20(38)15(37)4-11/h2-4,8-9,18,23,37-38H,5-7H2,1H3,(H2,28,32)(H,33,39)(H,41,42)(H,43,44)/b34-17-/t18-,23-/m1/s1.